The number of benzene rings is 1. The average Bonchev–Trinajstić information content (AvgIpc) is 2.54. The van der Waals surface area contributed by atoms with Crippen molar-refractivity contribution >= 4 is 16.7 Å². The van der Waals surface area contributed by atoms with E-state index in [1.54, 1.807) is 16.8 Å². The third kappa shape index (κ3) is 3.61. The Bertz CT molecular complexity index is 852. The van der Waals surface area contributed by atoms with Crippen molar-refractivity contribution in [2.45, 2.75) is 58.2 Å². The molecule has 5 nitrogen and oxygen atoms in total. The number of hydrogen-bond acceptors (Lipinski definition) is 3. The lowest BCUT2D eigenvalue weighted by Crippen LogP contribution is -2.46. The first-order valence-corrected chi connectivity index (χ1v) is 8.87. The molecule has 0 spiro atoms. The summed E-state index contributed by atoms with van der Waals surface area (Å²) in [5.74, 6) is -0.131. The van der Waals surface area contributed by atoms with Gasteiger partial charge in [-0.2, -0.15) is 0 Å². The monoisotopic (exact) mass is 342 g/mol. The van der Waals surface area contributed by atoms with Gasteiger partial charge in [0, 0.05) is 35.7 Å². The molecule has 1 amide bonds. The fourth-order valence-corrected chi connectivity index (χ4v) is 3.49. The minimum absolute atomic E-state index is 0.00864. The number of ether oxygens (including phenoxy) is 1. The highest BCUT2D eigenvalue weighted by molar-refractivity contribution is 6.06. The van der Waals surface area contributed by atoms with E-state index < -0.39 is 0 Å². The van der Waals surface area contributed by atoms with Gasteiger partial charge >= 0.3 is 0 Å². The summed E-state index contributed by atoms with van der Waals surface area (Å²) in [6.45, 7) is 8.61. The quantitative estimate of drug-likeness (QED) is 0.931. The molecule has 134 valence electrons. The molecule has 2 aromatic rings. The summed E-state index contributed by atoms with van der Waals surface area (Å²) in [5, 5.41) is 4.42. The number of nitrogens with one attached hydrogen (secondary N) is 1. The van der Waals surface area contributed by atoms with Gasteiger partial charge in [0.05, 0.1) is 11.2 Å². The summed E-state index contributed by atoms with van der Waals surface area (Å²) in [4.78, 5) is 25.6. The number of carbonyl (C=O) groups is 1. The van der Waals surface area contributed by atoms with Crippen molar-refractivity contribution in [3.63, 3.8) is 0 Å². The maximum atomic E-state index is 13.0. The molecule has 0 saturated carbocycles. The fourth-order valence-electron chi connectivity index (χ4n) is 3.49. The molecule has 1 aliphatic heterocycles. The highest BCUT2D eigenvalue weighted by Crippen LogP contribution is 2.25. The first kappa shape index (κ1) is 17.7. The summed E-state index contributed by atoms with van der Waals surface area (Å²) < 4.78 is 7.35. The van der Waals surface area contributed by atoms with Crippen molar-refractivity contribution in [1.82, 2.24) is 9.88 Å². The minimum Gasteiger partial charge on any atom is -0.375 e. The molecule has 0 bridgehead atoms. The standard InChI is InChI=1S/C20H26N2O3/c1-13(2)22-12-17(15-7-5-6-8-16(15)19(22)24)18(23)21-14-9-10-25-20(3,4)11-14/h5-8,12-14H,9-11H2,1-4H3,(H,21,23)/t14-/m1/s1. The van der Waals surface area contributed by atoms with E-state index in [-0.39, 0.29) is 29.2 Å². The lowest BCUT2D eigenvalue weighted by molar-refractivity contribution is -0.0615. The molecule has 0 radical (unpaired) electrons. The van der Waals surface area contributed by atoms with Crippen LogP contribution in [0.1, 0.15) is 56.9 Å². The van der Waals surface area contributed by atoms with Crippen molar-refractivity contribution in [1.29, 1.82) is 0 Å². The summed E-state index contributed by atoms with van der Waals surface area (Å²) in [6.07, 6.45) is 3.27. The van der Waals surface area contributed by atoms with Gasteiger partial charge in [0.25, 0.3) is 11.5 Å². The van der Waals surface area contributed by atoms with Crippen LogP contribution in [0.15, 0.2) is 35.3 Å². The Morgan fingerprint density at radius 3 is 2.60 bits per heavy atom. The van der Waals surface area contributed by atoms with Crippen LogP contribution in [-0.4, -0.2) is 28.7 Å². The topological polar surface area (TPSA) is 60.3 Å². The van der Waals surface area contributed by atoms with E-state index in [1.165, 1.54) is 0 Å². The van der Waals surface area contributed by atoms with Gasteiger partial charge in [-0.25, -0.2) is 0 Å². The lowest BCUT2D eigenvalue weighted by atomic mass is 9.93. The van der Waals surface area contributed by atoms with Crippen LogP contribution >= 0.6 is 0 Å². The summed E-state index contributed by atoms with van der Waals surface area (Å²) in [7, 11) is 0. The molecule has 2 heterocycles. The number of carbonyl (C=O) groups excluding carboxylic acids is 1. The minimum atomic E-state index is -0.227. The largest absolute Gasteiger partial charge is 0.375 e. The van der Waals surface area contributed by atoms with E-state index in [0.29, 0.717) is 22.9 Å². The van der Waals surface area contributed by atoms with Crippen LogP contribution in [-0.2, 0) is 4.74 Å². The second-order valence-electron chi connectivity index (χ2n) is 7.67. The number of hydrogen-bond donors (Lipinski definition) is 1. The normalized spacial score (nSPS) is 20.0. The Labute approximate surface area is 148 Å². The van der Waals surface area contributed by atoms with Crippen LogP contribution in [0.3, 0.4) is 0 Å². The van der Waals surface area contributed by atoms with Crippen LogP contribution in [0.5, 0.6) is 0 Å². The van der Waals surface area contributed by atoms with E-state index in [2.05, 4.69) is 5.32 Å². The van der Waals surface area contributed by atoms with Crippen molar-refractivity contribution in [3.8, 4) is 0 Å². The van der Waals surface area contributed by atoms with Gasteiger partial charge < -0.3 is 14.6 Å². The maximum absolute atomic E-state index is 13.0. The highest BCUT2D eigenvalue weighted by atomic mass is 16.5. The van der Waals surface area contributed by atoms with Crippen LogP contribution in [0.4, 0.5) is 0 Å². The number of rotatable bonds is 3. The van der Waals surface area contributed by atoms with Crippen LogP contribution < -0.4 is 10.9 Å². The zero-order valence-electron chi connectivity index (χ0n) is 15.3. The molecule has 0 unspecified atom stereocenters. The van der Waals surface area contributed by atoms with Gasteiger partial charge in [0.15, 0.2) is 0 Å². The van der Waals surface area contributed by atoms with Crippen molar-refractivity contribution in [3.05, 3.63) is 46.4 Å². The third-order valence-electron chi connectivity index (χ3n) is 4.78. The van der Waals surface area contributed by atoms with Gasteiger partial charge in [-0.05, 0) is 46.6 Å². The second-order valence-corrected chi connectivity index (χ2v) is 7.67. The van der Waals surface area contributed by atoms with E-state index in [1.807, 2.05) is 45.9 Å². The summed E-state index contributed by atoms with van der Waals surface area (Å²) in [6, 6.07) is 7.38. The maximum Gasteiger partial charge on any atom is 0.258 e. The molecule has 1 saturated heterocycles. The van der Waals surface area contributed by atoms with Gasteiger partial charge in [0.2, 0.25) is 0 Å². The summed E-state index contributed by atoms with van der Waals surface area (Å²) >= 11 is 0. The van der Waals surface area contributed by atoms with E-state index in [4.69, 9.17) is 4.74 Å². The molecular weight excluding hydrogens is 316 g/mol. The highest BCUT2D eigenvalue weighted by Gasteiger charge is 2.30. The molecular formula is C20H26N2O3. The zero-order valence-corrected chi connectivity index (χ0v) is 15.3. The molecule has 1 N–H and O–H groups in total. The predicted octanol–water partition coefficient (Wildman–Crippen LogP) is 3.27. The molecule has 3 rings (SSSR count). The molecule has 25 heavy (non-hydrogen) atoms. The molecule has 1 aromatic heterocycles. The van der Waals surface area contributed by atoms with Gasteiger partial charge in [-0.15, -0.1) is 0 Å². The Hall–Kier alpha value is -2.14. The molecule has 1 aliphatic rings. The molecule has 5 heteroatoms. The summed E-state index contributed by atoms with van der Waals surface area (Å²) in [5.41, 5.74) is 0.261. The second kappa shape index (κ2) is 6.64. The Balaban J connectivity index is 1.98. The van der Waals surface area contributed by atoms with E-state index in [0.717, 1.165) is 12.8 Å². The average molecular weight is 342 g/mol. The Morgan fingerprint density at radius 1 is 1.28 bits per heavy atom. The van der Waals surface area contributed by atoms with Crippen LogP contribution in [0.25, 0.3) is 10.8 Å². The van der Waals surface area contributed by atoms with Crippen molar-refractivity contribution in [2.24, 2.45) is 0 Å². The SMILES string of the molecule is CC(C)n1cc(C(=O)N[C@@H]2CCOC(C)(C)C2)c2ccccc2c1=O. The van der Waals surface area contributed by atoms with Crippen molar-refractivity contribution < 1.29 is 9.53 Å². The first-order valence-electron chi connectivity index (χ1n) is 8.87. The fraction of sp³-hybridized carbons (Fsp3) is 0.500. The molecule has 1 fully saturated rings. The Kier molecular flexibility index (Phi) is 4.69. The van der Waals surface area contributed by atoms with Crippen molar-refractivity contribution in [2.75, 3.05) is 6.61 Å². The molecule has 0 aliphatic carbocycles. The van der Waals surface area contributed by atoms with E-state index in [9.17, 15) is 9.59 Å². The number of nitrogens with zero attached hydrogens (tertiary/aromatic N) is 1. The molecule has 1 aromatic carbocycles. The number of aromatic nitrogens is 1. The lowest BCUT2D eigenvalue weighted by Gasteiger charge is -2.35. The zero-order chi connectivity index (χ0) is 18.2. The number of pyridine rings is 1. The van der Waals surface area contributed by atoms with Gasteiger partial charge in [-0.1, -0.05) is 18.2 Å². The van der Waals surface area contributed by atoms with Gasteiger partial charge in [0.1, 0.15) is 0 Å². The first-order chi connectivity index (χ1) is 11.8. The molecule has 1 atom stereocenters. The van der Waals surface area contributed by atoms with Gasteiger partial charge in [-0.3, -0.25) is 9.59 Å². The number of fused-ring (bicyclic) bond motifs is 1. The number of amides is 1. The predicted molar refractivity (Wildman–Crippen MR) is 99.1 cm³/mol. The van der Waals surface area contributed by atoms with Crippen LogP contribution in [0.2, 0.25) is 0 Å². The van der Waals surface area contributed by atoms with E-state index >= 15 is 0 Å². The third-order valence-corrected chi connectivity index (χ3v) is 4.78. The van der Waals surface area contributed by atoms with Crippen LogP contribution in [0, 0.1) is 0 Å². The Morgan fingerprint density at radius 2 is 1.96 bits per heavy atom. The smallest absolute Gasteiger partial charge is 0.258 e.